The molecule has 0 saturated heterocycles. The molecule has 34 heavy (non-hydrogen) atoms. The third kappa shape index (κ3) is 4.90. The largest absolute Gasteiger partial charge is 0.506 e. The van der Waals surface area contributed by atoms with Crippen molar-refractivity contribution in [3.63, 3.8) is 0 Å². The summed E-state index contributed by atoms with van der Waals surface area (Å²) in [6.07, 6.45) is 2.44. The van der Waals surface area contributed by atoms with E-state index in [4.69, 9.17) is 19.3 Å². The Morgan fingerprint density at radius 2 is 1.29 bits per heavy atom. The van der Waals surface area contributed by atoms with Crippen molar-refractivity contribution in [3.05, 3.63) is 59.9 Å². The van der Waals surface area contributed by atoms with Gasteiger partial charge in [0.1, 0.15) is 34.1 Å². The molecule has 4 rings (SSSR count). The quantitative estimate of drug-likeness (QED) is 0.371. The second kappa shape index (κ2) is 10.3. The predicted octanol–water partition coefficient (Wildman–Crippen LogP) is 3.77. The molecular weight excluding hydrogens is 444 g/mol. The summed E-state index contributed by atoms with van der Waals surface area (Å²) < 4.78 is 14.9. The number of carbonyl (C=O) groups is 2. The Bertz CT molecular complexity index is 1370. The van der Waals surface area contributed by atoms with Crippen molar-refractivity contribution in [1.29, 1.82) is 0 Å². The van der Waals surface area contributed by atoms with Crippen LogP contribution in [0.25, 0.3) is 21.8 Å². The maximum atomic E-state index is 11.6. The van der Waals surface area contributed by atoms with E-state index in [9.17, 15) is 19.8 Å². The summed E-state index contributed by atoms with van der Waals surface area (Å²) in [6.45, 7) is 1.95. The van der Waals surface area contributed by atoms with Gasteiger partial charge < -0.3 is 29.5 Å². The van der Waals surface area contributed by atoms with Crippen LogP contribution in [0.1, 0.15) is 27.6 Å². The highest BCUT2D eigenvalue weighted by Crippen LogP contribution is 2.31. The van der Waals surface area contributed by atoms with E-state index in [2.05, 4.69) is 9.97 Å². The first-order valence-electron chi connectivity index (χ1n) is 10.0. The van der Waals surface area contributed by atoms with Gasteiger partial charge in [-0.25, -0.2) is 9.59 Å². The fourth-order valence-electron chi connectivity index (χ4n) is 3.08. The molecule has 0 fully saturated rings. The van der Waals surface area contributed by atoms with Gasteiger partial charge in [0.15, 0.2) is 0 Å². The topological polar surface area (TPSA) is 148 Å². The number of carboxylic acids is 1. The Kier molecular flexibility index (Phi) is 7.32. The average Bonchev–Trinajstić information content (AvgIpc) is 2.84. The van der Waals surface area contributed by atoms with Gasteiger partial charge in [-0.1, -0.05) is 0 Å². The van der Waals surface area contributed by atoms with E-state index >= 15 is 0 Å². The van der Waals surface area contributed by atoms with Crippen LogP contribution >= 0.6 is 0 Å². The number of esters is 1. The number of ether oxygens (including phenoxy) is 3. The number of aromatic nitrogens is 2. The molecule has 0 saturated carbocycles. The molecule has 0 radical (unpaired) electrons. The van der Waals surface area contributed by atoms with E-state index in [1.54, 1.807) is 43.3 Å². The molecule has 2 aromatic carbocycles. The highest BCUT2D eigenvalue weighted by molar-refractivity contribution is 6.00. The predicted molar refractivity (Wildman–Crippen MR) is 123 cm³/mol. The van der Waals surface area contributed by atoms with E-state index in [1.165, 1.54) is 20.4 Å². The first-order valence-corrected chi connectivity index (χ1v) is 10.0. The van der Waals surface area contributed by atoms with Crippen molar-refractivity contribution in [2.24, 2.45) is 0 Å². The van der Waals surface area contributed by atoms with E-state index < -0.39 is 11.9 Å². The summed E-state index contributed by atoms with van der Waals surface area (Å²) in [7, 11) is 3.02. The minimum Gasteiger partial charge on any atom is -0.506 e. The number of hydrogen-bond acceptors (Lipinski definition) is 9. The minimum atomic E-state index is -1.21. The summed E-state index contributed by atoms with van der Waals surface area (Å²) in [5.41, 5.74) is 0.933. The fraction of sp³-hybridized carbons (Fsp3) is 0.167. The van der Waals surface area contributed by atoms with Gasteiger partial charge in [0.05, 0.1) is 31.9 Å². The highest BCUT2D eigenvalue weighted by atomic mass is 16.5. The van der Waals surface area contributed by atoms with Gasteiger partial charge >= 0.3 is 11.9 Å². The number of rotatable bonds is 5. The second-order valence-electron chi connectivity index (χ2n) is 6.83. The Balaban J connectivity index is 0.000000192. The van der Waals surface area contributed by atoms with Gasteiger partial charge in [-0.2, -0.15) is 0 Å². The Morgan fingerprint density at radius 1 is 0.824 bits per heavy atom. The van der Waals surface area contributed by atoms with Crippen LogP contribution in [0.5, 0.6) is 23.0 Å². The molecule has 0 aliphatic rings. The summed E-state index contributed by atoms with van der Waals surface area (Å²) >= 11 is 0. The smallest absolute Gasteiger partial charge is 0.343 e. The van der Waals surface area contributed by atoms with E-state index in [0.29, 0.717) is 33.3 Å². The number of carbonyl (C=O) groups excluding carboxylic acids is 1. The van der Waals surface area contributed by atoms with E-state index in [-0.39, 0.29) is 29.2 Å². The van der Waals surface area contributed by atoms with Crippen LogP contribution in [0.2, 0.25) is 0 Å². The maximum absolute atomic E-state index is 11.6. The molecule has 0 aliphatic heterocycles. The minimum absolute atomic E-state index is 0.0533. The third-order valence-electron chi connectivity index (χ3n) is 4.82. The van der Waals surface area contributed by atoms with Crippen LogP contribution in [0.15, 0.2) is 48.8 Å². The van der Waals surface area contributed by atoms with Crippen LogP contribution < -0.4 is 9.47 Å². The Morgan fingerprint density at radius 3 is 1.74 bits per heavy atom. The Labute approximate surface area is 194 Å². The van der Waals surface area contributed by atoms with Gasteiger partial charge in [-0.05, 0) is 43.3 Å². The van der Waals surface area contributed by atoms with Crippen molar-refractivity contribution in [1.82, 2.24) is 9.97 Å². The number of pyridine rings is 2. The number of hydrogen-bond donors (Lipinski definition) is 3. The lowest BCUT2D eigenvalue weighted by atomic mass is 10.1. The van der Waals surface area contributed by atoms with E-state index in [0.717, 1.165) is 6.20 Å². The van der Waals surface area contributed by atoms with Gasteiger partial charge in [0, 0.05) is 23.2 Å². The van der Waals surface area contributed by atoms with Crippen molar-refractivity contribution in [3.8, 4) is 23.0 Å². The normalized spacial score (nSPS) is 10.3. The van der Waals surface area contributed by atoms with Crippen LogP contribution in [-0.2, 0) is 4.74 Å². The SMILES string of the molecule is CCOC(=O)c1cnc2ccc(OC)cc2c1O.COc1ccc2ncc(C(=O)O)c(O)c2c1. The molecule has 0 aliphatic carbocycles. The zero-order valence-electron chi connectivity index (χ0n) is 18.6. The summed E-state index contributed by atoms with van der Waals surface area (Å²) in [4.78, 5) is 30.4. The molecule has 3 N–H and O–H groups in total. The Hall–Kier alpha value is -4.60. The maximum Gasteiger partial charge on any atom is 0.343 e. The molecule has 4 aromatic rings. The van der Waals surface area contributed by atoms with Crippen molar-refractivity contribution >= 4 is 33.7 Å². The third-order valence-corrected chi connectivity index (χ3v) is 4.82. The number of aromatic hydroxyl groups is 2. The number of methoxy groups -OCH3 is 2. The summed E-state index contributed by atoms with van der Waals surface area (Å²) in [5, 5.41) is 29.5. The van der Waals surface area contributed by atoms with Gasteiger partial charge in [0.25, 0.3) is 0 Å². The first kappa shape index (κ1) is 24.1. The molecule has 0 spiro atoms. The van der Waals surface area contributed by atoms with Crippen LogP contribution in [0.4, 0.5) is 0 Å². The zero-order valence-corrected chi connectivity index (χ0v) is 18.6. The van der Waals surface area contributed by atoms with Crippen LogP contribution in [0.3, 0.4) is 0 Å². The summed E-state index contributed by atoms with van der Waals surface area (Å²) in [6, 6.07) is 9.96. The molecule has 2 heterocycles. The van der Waals surface area contributed by atoms with Gasteiger partial charge in [0.2, 0.25) is 0 Å². The number of nitrogens with zero attached hydrogens (tertiary/aromatic N) is 2. The zero-order chi connectivity index (χ0) is 24.8. The van der Waals surface area contributed by atoms with Gasteiger partial charge in [-0.15, -0.1) is 0 Å². The molecule has 0 amide bonds. The van der Waals surface area contributed by atoms with Crippen molar-refractivity contribution < 1.29 is 39.1 Å². The monoisotopic (exact) mass is 466 g/mol. The molecule has 10 heteroatoms. The number of aromatic carboxylic acids is 1. The molecular formula is C24H22N2O8. The second-order valence-corrected chi connectivity index (χ2v) is 6.83. The number of fused-ring (bicyclic) bond motifs is 2. The van der Waals surface area contributed by atoms with E-state index in [1.807, 2.05) is 0 Å². The van der Waals surface area contributed by atoms with Crippen molar-refractivity contribution in [2.75, 3.05) is 20.8 Å². The lowest BCUT2D eigenvalue weighted by molar-refractivity contribution is 0.0522. The van der Waals surface area contributed by atoms with Crippen LogP contribution in [-0.4, -0.2) is 58.1 Å². The molecule has 10 nitrogen and oxygen atoms in total. The lowest BCUT2D eigenvalue weighted by Crippen LogP contribution is -2.05. The first-order chi connectivity index (χ1) is 16.3. The molecule has 176 valence electrons. The van der Waals surface area contributed by atoms with Crippen LogP contribution in [0, 0.1) is 0 Å². The number of carboxylic acid groups (broad SMARTS) is 1. The number of benzene rings is 2. The fourth-order valence-corrected chi connectivity index (χ4v) is 3.08. The average molecular weight is 466 g/mol. The molecule has 0 bridgehead atoms. The molecule has 2 aromatic heterocycles. The summed E-state index contributed by atoms with van der Waals surface area (Å²) in [5.74, 6) is -1.12. The standard InChI is InChI=1S/C13H13NO4.C11H9NO4/c1-3-18-13(16)10-7-14-11-5-4-8(17-2)6-9(11)12(10)15;1-16-6-2-3-9-7(4-6)10(13)8(5-12-9)11(14)15/h4-7H,3H2,1-2H3,(H,14,15);2-5H,1H3,(H,12,13)(H,14,15). The molecule has 0 unspecified atom stereocenters. The molecule has 0 atom stereocenters. The highest BCUT2D eigenvalue weighted by Gasteiger charge is 2.16. The van der Waals surface area contributed by atoms with Gasteiger partial charge in [-0.3, -0.25) is 9.97 Å². The van der Waals surface area contributed by atoms with Crippen molar-refractivity contribution in [2.45, 2.75) is 6.92 Å². The lowest BCUT2D eigenvalue weighted by Gasteiger charge is -2.08.